The van der Waals surface area contributed by atoms with E-state index in [1.54, 1.807) is 0 Å². The van der Waals surface area contributed by atoms with Gasteiger partial charge in [0.15, 0.2) is 5.96 Å². The van der Waals surface area contributed by atoms with Crippen LogP contribution in [0, 0.1) is 5.92 Å². The number of hydrogen-bond donors (Lipinski definition) is 2. The molecule has 0 aromatic carbocycles. The molecule has 0 aromatic heterocycles. The molecule has 2 N–H and O–H groups in total. The third-order valence-corrected chi connectivity index (χ3v) is 3.72. The van der Waals surface area contributed by atoms with Crippen molar-refractivity contribution in [2.24, 2.45) is 10.9 Å². The lowest BCUT2D eigenvalue weighted by atomic mass is 10.0. The van der Waals surface area contributed by atoms with Gasteiger partial charge in [0.1, 0.15) is 0 Å². The van der Waals surface area contributed by atoms with Crippen LogP contribution in [-0.2, 0) is 4.74 Å². The number of aliphatic imine (C=N–C) groups is 1. The van der Waals surface area contributed by atoms with E-state index >= 15 is 0 Å². The van der Waals surface area contributed by atoms with Crippen LogP contribution in [0.25, 0.3) is 0 Å². The Hall–Kier alpha value is -0.0400. The zero-order valence-electron chi connectivity index (χ0n) is 12.6. The summed E-state index contributed by atoms with van der Waals surface area (Å²) in [6.07, 6.45) is 6.39. The summed E-state index contributed by atoms with van der Waals surface area (Å²) in [5.74, 6) is 1.65. The smallest absolute Gasteiger partial charge is 0.190 e. The number of guanidine groups is 1. The van der Waals surface area contributed by atoms with Gasteiger partial charge in [-0.1, -0.05) is 26.7 Å². The summed E-state index contributed by atoms with van der Waals surface area (Å²) < 4.78 is 5.60. The first-order valence-corrected chi connectivity index (χ1v) is 7.36. The van der Waals surface area contributed by atoms with Crippen LogP contribution in [0.15, 0.2) is 4.99 Å². The molecule has 0 spiro atoms. The first-order valence-electron chi connectivity index (χ1n) is 7.36. The molecule has 19 heavy (non-hydrogen) atoms. The summed E-state index contributed by atoms with van der Waals surface area (Å²) in [7, 11) is 1.83. The van der Waals surface area contributed by atoms with Gasteiger partial charge in [-0.05, 0) is 25.2 Å². The van der Waals surface area contributed by atoms with E-state index in [4.69, 9.17) is 4.74 Å². The molecule has 1 saturated heterocycles. The topological polar surface area (TPSA) is 45.7 Å². The highest BCUT2D eigenvalue weighted by atomic mass is 127. The molecular formula is C14H30IN3O. The van der Waals surface area contributed by atoms with Crippen molar-refractivity contribution >= 4 is 29.9 Å². The van der Waals surface area contributed by atoms with Crippen LogP contribution in [0.2, 0.25) is 0 Å². The second kappa shape index (κ2) is 11.8. The number of nitrogens with zero attached hydrogens (tertiary/aromatic N) is 1. The maximum atomic E-state index is 5.60. The molecule has 1 heterocycles. The Morgan fingerprint density at radius 2 is 2.05 bits per heavy atom. The predicted molar refractivity (Wildman–Crippen MR) is 92.4 cm³/mol. The van der Waals surface area contributed by atoms with Crippen LogP contribution in [0.3, 0.4) is 0 Å². The Morgan fingerprint density at radius 1 is 1.32 bits per heavy atom. The van der Waals surface area contributed by atoms with E-state index in [1.165, 1.54) is 25.7 Å². The SMILES string of the molecule is CCC(CC)CNC(=NC)NCCC1CCCO1.I. The lowest BCUT2D eigenvalue weighted by molar-refractivity contribution is 0.105. The van der Waals surface area contributed by atoms with Gasteiger partial charge < -0.3 is 15.4 Å². The highest BCUT2D eigenvalue weighted by molar-refractivity contribution is 14.0. The molecule has 0 saturated carbocycles. The molecule has 4 nitrogen and oxygen atoms in total. The minimum Gasteiger partial charge on any atom is -0.378 e. The van der Waals surface area contributed by atoms with Crippen LogP contribution < -0.4 is 10.6 Å². The maximum absolute atomic E-state index is 5.60. The van der Waals surface area contributed by atoms with E-state index in [0.717, 1.165) is 38.0 Å². The average molecular weight is 383 g/mol. The van der Waals surface area contributed by atoms with Gasteiger partial charge >= 0.3 is 0 Å². The molecule has 0 aliphatic carbocycles. The van der Waals surface area contributed by atoms with E-state index < -0.39 is 0 Å². The minimum absolute atomic E-state index is 0. The molecule has 1 rings (SSSR count). The van der Waals surface area contributed by atoms with Gasteiger partial charge in [0.05, 0.1) is 6.10 Å². The Morgan fingerprint density at radius 3 is 2.58 bits per heavy atom. The Kier molecular flexibility index (Phi) is 11.7. The summed E-state index contributed by atoms with van der Waals surface area (Å²) in [5, 5.41) is 6.75. The minimum atomic E-state index is 0. The van der Waals surface area contributed by atoms with E-state index in [0.29, 0.717) is 6.10 Å². The van der Waals surface area contributed by atoms with E-state index in [2.05, 4.69) is 29.5 Å². The molecule has 5 heteroatoms. The monoisotopic (exact) mass is 383 g/mol. The second-order valence-corrected chi connectivity index (χ2v) is 4.99. The standard InChI is InChI=1S/C14H29N3O.HI/c1-4-12(5-2)11-17-14(15-3)16-9-8-13-7-6-10-18-13;/h12-13H,4-11H2,1-3H3,(H2,15,16,17);1H. The molecule has 0 bridgehead atoms. The van der Waals surface area contributed by atoms with Crippen molar-refractivity contribution in [3.8, 4) is 0 Å². The fourth-order valence-corrected chi connectivity index (χ4v) is 2.26. The van der Waals surface area contributed by atoms with Crippen LogP contribution in [0.4, 0.5) is 0 Å². The lowest BCUT2D eigenvalue weighted by Crippen LogP contribution is -2.40. The Bertz CT molecular complexity index is 239. The summed E-state index contributed by atoms with van der Waals surface area (Å²) in [5.41, 5.74) is 0. The van der Waals surface area contributed by atoms with Crippen molar-refractivity contribution in [3.05, 3.63) is 0 Å². The third-order valence-electron chi connectivity index (χ3n) is 3.72. The summed E-state index contributed by atoms with van der Waals surface area (Å²) in [6.45, 7) is 7.36. The van der Waals surface area contributed by atoms with Gasteiger partial charge in [0.25, 0.3) is 0 Å². The fraction of sp³-hybridized carbons (Fsp3) is 0.929. The number of nitrogens with one attached hydrogen (secondary N) is 2. The summed E-state index contributed by atoms with van der Waals surface area (Å²) in [6, 6.07) is 0. The first kappa shape index (κ1) is 19.0. The van der Waals surface area contributed by atoms with Gasteiger partial charge in [-0.25, -0.2) is 0 Å². The van der Waals surface area contributed by atoms with Crippen molar-refractivity contribution in [2.75, 3.05) is 26.7 Å². The fourth-order valence-electron chi connectivity index (χ4n) is 2.26. The molecule has 0 aromatic rings. The molecule has 114 valence electrons. The molecule has 1 fully saturated rings. The molecule has 0 amide bonds. The van der Waals surface area contributed by atoms with E-state index in [-0.39, 0.29) is 24.0 Å². The van der Waals surface area contributed by atoms with Crippen LogP contribution in [0.5, 0.6) is 0 Å². The number of halogens is 1. The van der Waals surface area contributed by atoms with Crippen molar-refractivity contribution in [1.29, 1.82) is 0 Å². The predicted octanol–water partition coefficient (Wildman–Crippen LogP) is 2.77. The van der Waals surface area contributed by atoms with E-state index in [9.17, 15) is 0 Å². The van der Waals surface area contributed by atoms with Gasteiger partial charge in [0, 0.05) is 26.7 Å². The molecular weight excluding hydrogens is 353 g/mol. The van der Waals surface area contributed by atoms with E-state index in [1.807, 2.05) is 7.05 Å². The lowest BCUT2D eigenvalue weighted by Gasteiger charge is -2.17. The Balaban J connectivity index is 0.00000324. The molecule has 1 aliphatic heterocycles. The zero-order chi connectivity index (χ0) is 13.2. The number of hydrogen-bond acceptors (Lipinski definition) is 2. The zero-order valence-corrected chi connectivity index (χ0v) is 14.9. The summed E-state index contributed by atoms with van der Waals surface area (Å²) >= 11 is 0. The third kappa shape index (κ3) is 7.97. The highest BCUT2D eigenvalue weighted by Gasteiger charge is 2.14. The van der Waals surface area contributed by atoms with Gasteiger partial charge in [-0.15, -0.1) is 24.0 Å². The molecule has 1 unspecified atom stereocenters. The van der Waals surface area contributed by atoms with Crippen LogP contribution >= 0.6 is 24.0 Å². The Labute approximate surface area is 135 Å². The maximum Gasteiger partial charge on any atom is 0.190 e. The largest absolute Gasteiger partial charge is 0.378 e. The quantitative estimate of drug-likeness (QED) is 0.404. The summed E-state index contributed by atoms with van der Waals surface area (Å²) in [4.78, 5) is 4.25. The normalized spacial score (nSPS) is 19.4. The van der Waals surface area contributed by atoms with Gasteiger partial charge in [0.2, 0.25) is 0 Å². The van der Waals surface area contributed by atoms with Crippen LogP contribution in [0.1, 0.15) is 46.0 Å². The van der Waals surface area contributed by atoms with Gasteiger partial charge in [-0.3, -0.25) is 4.99 Å². The molecule has 1 aliphatic rings. The van der Waals surface area contributed by atoms with Gasteiger partial charge in [-0.2, -0.15) is 0 Å². The van der Waals surface area contributed by atoms with Crippen molar-refractivity contribution < 1.29 is 4.74 Å². The highest BCUT2D eigenvalue weighted by Crippen LogP contribution is 2.14. The first-order chi connectivity index (χ1) is 8.80. The van der Waals surface area contributed by atoms with Crippen molar-refractivity contribution in [2.45, 2.75) is 52.1 Å². The number of ether oxygens (including phenoxy) is 1. The van der Waals surface area contributed by atoms with Crippen LogP contribution in [-0.4, -0.2) is 38.8 Å². The number of rotatable bonds is 7. The average Bonchev–Trinajstić information content (AvgIpc) is 2.91. The molecule has 0 radical (unpaired) electrons. The second-order valence-electron chi connectivity index (χ2n) is 4.99. The van der Waals surface area contributed by atoms with Crippen molar-refractivity contribution in [3.63, 3.8) is 0 Å². The molecule has 1 atom stereocenters. The van der Waals surface area contributed by atoms with Crippen molar-refractivity contribution in [1.82, 2.24) is 10.6 Å².